The third kappa shape index (κ3) is 2.46. The molecule has 2 aliphatic heterocycles. The minimum atomic E-state index is -4.59. The molecule has 0 aromatic carbocycles. The maximum absolute atomic E-state index is 13.1. The zero-order chi connectivity index (χ0) is 15.4. The van der Waals surface area contributed by atoms with Gasteiger partial charge in [-0.3, -0.25) is 9.00 Å². The highest BCUT2D eigenvalue weighted by atomic mass is 32.2. The van der Waals surface area contributed by atoms with E-state index in [0.29, 0.717) is 25.7 Å². The monoisotopic (exact) mass is 323 g/mol. The van der Waals surface area contributed by atoms with Crippen LogP contribution >= 0.6 is 0 Å². The summed E-state index contributed by atoms with van der Waals surface area (Å²) in [5.74, 6) is -2.75. The molecule has 0 aromatic rings. The Labute approximate surface area is 121 Å². The Bertz CT molecular complexity index is 510. The van der Waals surface area contributed by atoms with Crippen molar-refractivity contribution in [3.63, 3.8) is 0 Å². The van der Waals surface area contributed by atoms with E-state index >= 15 is 0 Å². The van der Waals surface area contributed by atoms with Gasteiger partial charge in [0.05, 0.1) is 5.92 Å². The summed E-state index contributed by atoms with van der Waals surface area (Å²) < 4.78 is 57.0. The van der Waals surface area contributed by atoms with Crippen LogP contribution in [0.3, 0.4) is 0 Å². The third-order valence-electron chi connectivity index (χ3n) is 4.53. The van der Waals surface area contributed by atoms with Crippen LogP contribution in [0, 0.1) is 17.8 Å². The van der Waals surface area contributed by atoms with E-state index in [9.17, 15) is 27.1 Å². The fourth-order valence-corrected chi connectivity index (χ4v) is 3.88. The molecular weight excluding hydrogens is 310 g/mol. The lowest BCUT2D eigenvalue weighted by molar-refractivity contribution is -0.185. The lowest BCUT2D eigenvalue weighted by atomic mass is 9.67. The second kappa shape index (κ2) is 4.98. The molecule has 2 aliphatic carbocycles. The second-order valence-electron chi connectivity index (χ2n) is 5.86. The Balaban J connectivity index is 1.79. The Morgan fingerprint density at radius 2 is 2.05 bits per heavy atom. The first-order valence-electron chi connectivity index (χ1n) is 6.67. The molecule has 4 bridgehead atoms. The van der Waals surface area contributed by atoms with Gasteiger partial charge in [0, 0.05) is 17.0 Å². The lowest BCUT2D eigenvalue weighted by Gasteiger charge is -2.41. The van der Waals surface area contributed by atoms with Crippen molar-refractivity contribution in [3.8, 4) is 0 Å². The van der Waals surface area contributed by atoms with E-state index in [2.05, 4.69) is 0 Å². The van der Waals surface area contributed by atoms with E-state index in [1.54, 1.807) is 0 Å². The zero-order valence-electron chi connectivity index (χ0n) is 10.8. The molecule has 0 N–H and O–H groups in total. The van der Waals surface area contributed by atoms with Gasteiger partial charge in [-0.1, -0.05) is 0 Å². The van der Waals surface area contributed by atoms with E-state index in [4.69, 9.17) is 9.47 Å². The van der Waals surface area contributed by atoms with Crippen LogP contribution in [-0.4, -0.2) is 38.2 Å². The number of fused-ring (bicyclic) bond motifs is 1. The smallest absolute Gasteiger partial charge is 0.404 e. The molecule has 0 amide bonds. The first kappa shape index (κ1) is 14.8. The van der Waals surface area contributed by atoms with Gasteiger partial charge >= 0.3 is 17.2 Å². The molecule has 6 atom stereocenters. The SMILES string of the molecule is O=C1OC2CC3CC1CC(C3)C2OC(=O)C(F)(F)S(=O)[O-]. The van der Waals surface area contributed by atoms with E-state index in [1.807, 2.05) is 0 Å². The normalized spacial score (nSPS) is 39.6. The maximum Gasteiger partial charge on any atom is 0.404 e. The summed E-state index contributed by atoms with van der Waals surface area (Å²) in [6, 6.07) is 0. The van der Waals surface area contributed by atoms with Gasteiger partial charge in [-0.15, -0.1) is 0 Å². The van der Waals surface area contributed by atoms with Gasteiger partial charge in [-0.2, -0.15) is 8.78 Å². The van der Waals surface area contributed by atoms with Gasteiger partial charge in [-0.05, 0) is 31.6 Å². The van der Waals surface area contributed by atoms with Crippen LogP contribution in [0.25, 0.3) is 0 Å². The summed E-state index contributed by atoms with van der Waals surface area (Å²) in [4.78, 5) is 23.2. The van der Waals surface area contributed by atoms with E-state index in [1.165, 1.54) is 0 Å². The molecule has 2 saturated carbocycles. The predicted molar refractivity (Wildman–Crippen MR) is 62.6 cm³/mol. The average Bonchev–Trinajstić information content (AvgIpc) is 2.56. The summed E-state index contributed by atoms with van der Waals surface area (Å²) in [5, 5.41) is -4.59. The fourth-order valence-electron chi connectivity index (χ4n) is 3.70. The summed E-state index contributed by atoms with van der Waals surface area (Å²) in [6.45, 7) is 0. The average molecular weight is 323 g/mol. The van der Waals surface area contributed by atoms with Gasteiger partial charge in [-0.25, -0.2) is 4.79 Å². The highest BCUT2D eigenvalue weighted by Crippen LogP contribution is 2.48. The Hall–Kier alpha value is -1.09. The van der Waals surface area contributed by atoms with Crippen LogP contribution in [0.1, 0.15) is 25.7 Å². The van der Waals surface area contributed by atoms with Crippen molar-refractivity contribution in [2.45, 2.75) is 43.1 Å². The molecule has 4 fully saturated rings. The summed E-state index contributed by atoms with van der Waals surface area (Å²) >= 11 is -3.89. The number of carbonyl (C=O) groups excluding carboxylic acids is 2. The largest absolute Gasteiger partial charge is 0.767 e. The third-order valence-corrected chi connectivity index (χ3v) is 5.11. The number of hydrogen-bond acceptors (Lipinski definition) is 6. The van der Waals surface area contributed by atoms with Gasteiger partial charge in [0.1, 0.15) is 12.2 Å². The molecule has 2 heterocycles. The molecule has 2 saturated heterocycles. The number of halogens is 2. The molecule has 0 spiro atoms. The number of hydrogen-bond donors (Lipinski definition) is 0. The second-order valence-corrected chi connectivity index (χ2v) is 6.84. The van der Waals surface area contributed by atoms with Crippen molar-refractivity contribution in [1.29, 1.82) is 0 Å². The van der Waals surface area contributed by atoms with Crippen LogP contribution in [0.5, 0.6) is 0 Å². The Morgan fingerprint density at radius 1 is 1.33 bits per heavy atom. The first-order chi connectivity index (χ1) is 9.79. The minimum Gasteiger partial charge on any atom is -0.767 e. The molecule has 9 heteroatoms. The molecular formula is C12H13F2O6S-. The molecule has 4 rings (SSSR count). The van der Waals surface area contributed by atoms with Crippen LogP contribution in [-0.2, 0) is 30.1 Å². The van der Waals surface area contributed by atoms with Crippen molar-refractivity contribution in [3.05, 3.63) is 0 Å². The molecule has 4 aliphatic rings. The van der Waals surface area contributed by atoms with Gasteiger partial charge in [0.2, 0.25) is 0 Å². The maximum atomic E-state index is 13.1. The predicted octanol–water partition coefficient (Wildman–Crippen LogP) is 0.732. The molecule has 0 aromatic heterocycles. The quantitative estimate of drug-likeness (QED) is 0.561. The zero-order valence-corrected chi connectivity index (χ0v) is 11.6. The first-order valence-corrected chi connectivity index (χ1v) is 7.75. The molecule has 6 unspecified atom stereocenters. The van der Waals surface area contributed by atoms with E-state index < -0.39 is 34.5 Å². The van der Waals surface area contributed by atoms with Crippen LogP contribution < -0.4 is 0 Å². The van der Waals surface area contributed by atoms with Crippen molar-refractivity contribution >= 4 is 23.0 Å². The number of rotatable bonds is 3. The van der Waals surface area contributed by atoms with Crippen molar-refractivity contribution in [2.24, 2.45) is 17.8 Å². The molecule has 0 radical (unpaired) electrons. The minimum absolute atomic E-state index is 0.237. The summed E-state index contributed by atoms with van der Waals surface area (Å²) in [7, 11) is 0. The fraction of sp³-hybridized carbons (Fsp3) is 0.833. The summed E-state index contributed by atoms with van der Waals surface area (Å²) in [6.07, 6.45) is 0.533. The van der Waals surface area contributed by atoms with E-state index in [-0.39, 0.29) is 23.7 Å². The highest BCUT2D eigenvalue weighted by Gasteiger charge is 2.54. The number of esters is 2. The number of carbonyl (C=O) groups is 2. The van der Waals surface area contributed by atoms with Crippen molar-refractivity contribution in [2.75, 3.05) is 0 Å². The Kier molecular flexibility index (Phi) is 3.52. The van der Waals surface area contributed by atoms with Crippen molar-refractivity contribution < 1.29 is 36.6 Å². The van der Waals surface area contributed by atoms with Gasteiger partial charge in [0.25, 0.3) is 0 Å². The number of alkyl halides is 2. The Morgan fingerprint density at radius 3 is 2.71 bits per heavy atom. The van der Waals surface area contributed by atoms with E-state index in [0.717, 1.165) is 0 Å². The highest BCUT2D eigenvalue weighted by molar-refractivity contribution is 7.81. The topological polar surface area (TPSA) is 92.7 Å². The van der Waals surface area contributed by atoms with Crippen LogP contribution in [0.15, 0.2) is 0 Å². The standard InChI is InChI=1S/C12H14F2O6S/c13-12(14,21(17)18)11(16)20-9-6-1-5-2-7(4-6)10(15)19-8(9)3-5/h5-9H,1-4H2,(H,17,18)/p-1. The number of ether oxygens (including phenoxy) is 2. The van der Waals surface area contributed by atoms with Gasteiger partial charge < -0.3 is 14.0 Å². The van der Waals surface area contributed by atoms with Gasteiger partial charge in [0.15, 0.2) is 0 Å². The van der Waals surface area contributed by atoms with Crippen molar-refractivity contribution in [1.82, 2.24) is 0 Å². The van der Waals surface area contributed by atoms with Crippen LogP contribution in [0.2, 0.25) is 0 Å². The molecule has 21 heavy (non-hydrogen) atoms. The van der Waals surface area contributed by atoms with Crippen LogP contribution in [0.4, 0.5) is 8.78 Å². The lowest BCUT2D eigenvalue weighted by Crippen LogP contribution is -2.48. The molecule has 118 valence electrons. The molecule has 6 nitrogen and oxygen atoms in total. The summed E-state index contributed by atoms with van der Waals surface area (Å²) in [5.41, 5.74) is 0.